The Balaban J connectivity index is 1.29. The Hall–Kier alpha value is -6.16. The highest BCUT2D eigenvalue weighted by atomic mass is 35.5. The minimum absolute atomic E-state index is 0.521. The zero-order valence-electron chi connectivity index (χ0n) is 27.0. The maximum absolute atomic E-state index is 6.31. The first-order chi connectivity index (χ1) is 24.7. The largest absolute Gasteiger partial charge is 0.208 e. The number of halogens is 1. The molecule has 0 fully saturated rings. The van der Waals surface area contributed by atoms with Gasteiger partial charge in [0.1, 0.15) is 0 Å². The molecular formula is C46H30ClN3. The first kappa shape index (κ1) is 29.9. The Morgan fingerprint density at radius 2 is 0.780 bits per heavy atom. The lowest BCUT2D eigenvalue weighted by Gasteiger charge is -2.33. The summed E-state index contributed by atoms with van der Waals surface area (Å²) in [6, 6.07) is 63.4. The number of benzene rings is 7. The van der Waals surface area contributed by atoms with Gasteiger partial charge < -0.3 is 0 Å². The molecule has 0 N–H and O–H groups in total. The molecule has 0 saturated carbocycles. The van der Waals surface area contributed by atoms with E-state index >= 15 is 0 Å². The zero-order chi connectivity index (χ0) is 33.5. The molecule has 0 aliphatic heterocycles. The predicted molar refractivity (Wildman–Crippen MR) is 204 cm³/mol. The molecule has 8 aromatic rings. The van der Waals surface area contributed by atoms with Gasteiger partial charge in [-0.15, -0.1) is 0 Å². The normalized spacial score (nSPS) is 12.7. The summed E-state index contributed by atoms with van der Waals surface area (Å²) in [5, 5.41) is 0.662. The van der Waals surface area contributed by atoms with Crippen molar-refractivity contribution in [1.82, 2.24) is 15.0 Å². The van der Waals surface area contributed by atoms with Crippen LogP contribution in [0.5, 0.6) is 0 Å². The third-order valence-electron chi connectivity index (χ3n) is 9.71. The summed E-state index contributed by atoms with van der Waals surface area (Å²) in [6.45, 7) is 0. The summed E-state index contributed by atoms with van der Waals surface area (Å²) in [6.07, 6.45) is 0. The van der Waals surface area contributed by atoms with Gasteiger partial charge in [-0.1, -0.05) is 169 Å². The van der Waals surface area contributed by atoms with Crippen LogP contribution in [0.25, 0.3) is 56.4 Å². The Bertz CT molecular complexity index is 2420. The summed E-state index contributed by atoms with van der Waals surface area (Å²) >= 11 is 6.31. The Labute approximate surface area is 296 Å². The standard InChI is InChI=1S/C46H30ClN3/c47-37-29-27-34(28-30-37)44-48-43(33-25-23-32(24-26-33)31-13-4-1-5-14-31)49-45(50-44)39-20-12-22-41-42(39)38-19-10-11-21-40(38)46(41,35-15-6-2-7-16-35)36-17-8-3-9-18-36/h1-30H. The molecule has 3 nitrogen and oxygen atoms in total. The van der Waals surface area contributed by atoms with E-state index in [4.69, 9.17) is 26.6 Å². The van der Waals surface area contributed by atoms with E-state index in [1.165, 1.54) is 27.8 Å². The monoisotopic (exact) mass is 659 g/mol. The Morgan fingerprint density at radius 3 is 1.40 bits per heavy atom. The summed E-state index contributed by atoms with van der Waals surface area (Å²) in [5.41, 5.74) is 11.7. The van der Waals surface area contributed by atoms with Crippen molar-refractivity contribution in [3.05, 3.63) is 209 Å². The molecule has 0 saturated heterocycles. The minimum atomic E-state index is -0.521. The smallest absolute Gasteiger partial charge is 0.164 e. The average Bonchev–Trinajstić information content (AvgIpc) is 3.50. The van der Waals surface area contributed by atoms with Crippen LogP contribution in [0.4, 0.5) is 0 Å². The van der Waals surface area contributed by atoms with Gasteiger partial charge in [0.15, 0.2) is 17.5 Å². The van der Waals surface area contributed by atoms with Gasteiger partial charge in [0.05, 0.1) is 5.41 Å². The molecule has 1 heterocycles. The van der Waals surface area contributed by atoms with Gasteiger partial charge in [-0.2, -0.15) is 0 Å². The van der Waals surface area contributed by atoms with Gasteiger partial charge in [-0.05, 0) is 68.8 Å². The number of fused-ring (bicyclic) bond motifs is 3. The van der Waals surface area contributed by atoms with Crippen molar-refractivity contribution in [3.8, 4) is 56.4 Å². The molecule has 4 heteroatoms. The minimum Gasteiger partial charge on any atom is -0.208 e. The van der Waals surface area contributed by atoms with E-state index < -0.39 is 5.41 Å². The second kappa shape index (κ2) is 12.4. The van der Waals surface area contributed by atoms with Crippen molar-refractivity contribution in [1.29, 1.82) is 0 Å². The maximum Gasteiger partial charge on any atom is 0.164 e. The van der Waals surface area contributed by atoms with Gasteiger partial charge in [0.2, 0.25) is 0 Å². The molecule has 7 aromatic carbocycles. The fraction of sp³-hybridized carbons (Fsp3) is 0.0217. The highest BCUT2D eigenvalue weighted by molar-refractivity contribution is 6.30. The number of aromatic nitrogens is 3. The molecule has 1 aromatic heterocycles. The van der Waals surface area contributed by atoms with Crippen LogP contribution < -0.4 is 0 Å². The van der Waals surface area contributed by atoms with E-state index in [0.717, 1.165) is 33.4 Å². The second-order valence-corrected chi connectivity index (χ2v) is 12.9. The lowest BCUT2D eigenvalue weighted by atomic mass is 9.67. The van der Waals surface area contributed by atoms with Crippen LogP contribution in [0, 0.1) is 0 Å². The van der Waals surface area contributed by atoms with E-state index in [2.05, 4.69) is 152 Å². The Kier molecular flexibility index (Phi) is 7.41. The van der Waals surface area contributed by atoms with Crippen LogP contribution in [-0.2, 0) is 5.41 Å². The van der Waals surface area contributed by atoms with E-state index in [1.54, 1.807) is 0 Å². The van der Waals surface area contributed by atoms with Crippen LogP contribution in [-0.4, -0.2) is 15.0 Å². The molecule has 0 radical (unpaired) electrons. The average molecular weight is 660 g/mol. The Morgan fingerprint density at radius 1 is 0.340 bits per heavy atom. The fourth-order valence-corrected chi connectivity index (χ4v) is 7.60. The molecule has 9 rings (SSSR count). The quantitative estimate of drug-likeness (QED) is 0.178. The maximum atomic E-state index is 6.31. The van der Waals surface area contributed by atoms with Gasteiger partial charge in [0, 0.05) is 21.7 Å². The number of hydrogen-bond acceptors (Lipinski definition) is 3. The molecule has 0 unspecified atom stereocenters. The number of nitrogens with zero attached hydrogens (tertiary/aromatic N) is 3. The van der Waals surface area contributed by atoms with Crippen LogP contribution in [0.2, 0.25) is 5.02 Å². The lowest BCUT2D eigenvalue weighted by Crippen LogP contribution is -2.28. The molecule has 0 bridgehead atoms. The first-order valence-electron chi connectivity index (χ1n) is 16.7. The zero-order valence-corrected chi connectivity index (χ0v) is 27.8. The van der Waals surface area contributed by atoms with E-state index in [9.17, 15) is 0 Å². The van der Waals surface area contributed by atoms with Crippen molar-refractivity contribution >= 4 is 11.6 Å². The summed E-state index contributed by atoms with van der Waals surface area (Å²) in [5.74, 6) is 1.83. The van der Waals surface area contributed by atoms with Crippen LogP contribution in [0.1, 0.15) is 22.3 Å². The summed E-state index contributed by atoms with van der Waals surface area (Å²) < 4.78 is 0. The van der Waals surface area contributed by atoms with Gasteiger partial charge in [-0.3, -0.25) is 0 Å². The molecule has 236 valence electrons. The SMILES string of the molecule is Clc1ccc(-c2nc(-c3ccc(-c4ccccc4)cc3)nc(-c3cccc4c3-c3ccccc3C4(c3ccccc3)c3ccccc3)n2)cc1. The summed E-state index contributed by atoms with van der Waals surface area (Å²) in [7, 11) is 0. The third-order valence-corrected chi connectivity index (χ3v) is 9.96. The van der Waals surface area contributed by atoms with Gasteiger partial charge >= 0.3 is 0 Å². The number of hydrogen-bond donors (Lipinski definition) is 0. The predicted octanol–water partition coefficient (Wildman–Crippen LogP) is 11.6. The highest BCUT2D eigenvalue weighted by Crippen LogP contribution is 2.58. The third kappa shape index (κ3) is 4.94. The van der Waals surface area contributed by atoms with Crippen LogP contribution >= 0.6 is 11.6 Å². The van der Waals surface area contributed by atoms with E-state index in [-0.39, 0.29) is 0 Å². The topological polar surface area (TPSA) is 38.7 Å². The second-order valence-electron chi connectivity index (χ2n) is 12.5. The molecule has 50 heavy (non-hydrogen) atoms. The van der Waals surface area contributed by atoms with Crippen molar-refractivity contribution in [3.63, 3.8) is 0 Å². The van der Waals surface area contributed by atoms with Gasteiger partial charge in [-0.25, -0.2) is 15.0 Å². The lowest BCUT2D eigenvalue weighted by molar-refractivity contribution is 0.768. The molecular weight excluding hydrogens is 630 g/mol. The van der Waals surface area contributed by atoms with E-state index in [0.29, 0.717) is 22.5 Å². The van der Waals surface area contributed by atoms with Crippen molar-refractivity contribution in [2.45, 2.75) is 5.41 Å². The van der Waals surface area contributed by atoms with Crippen LogP contribution in [0.3, 0.4) is 0 Å². The molecule has 1 aliphatic rings. The molecule has 1 aliphatic carbocycles. The molecule has 0 amide bonds. The first-order valence-corrected chi connectivity index (χ1v) is 17.1. The van der Waals surface area contributed by atoms with Gasteiger partial charge in [0.25, 0.3) is 0 Å². The highest BCUT2D eigenvalue weighted by Gasteiger charge is 2.46. The van der Waals surface area contributed by atoms with Crippen LogP contribution in [0.15, 0.2) is 182 Å². The molecule has 0 atom stereocenters. The molecule has 0 spiro atoms. The van der Waals surface area contributed by atoms with Crippen molar-refractivity contribution in [2.75, 3.05) is 0 Å². The summed E-state index contributed by atoms with van der Waals surface area (Å²) in [4.78, 5) is 15.4. The number of rotatable bonds is 6. The van der Waals surface area contributed by atoms with E-state index in [1.807, 2.05) is 30.3 Å². The van der Waals surface area contributed by atoms with Crippen molar-refractivity contribution in [2.24, 2.45) is 0 Å². The van der Waals surface area contributed by atoms with Crippen molar-refractivity contribution < 1.29 is 0 Å². The fourth-order valence-electron chi connectivity index (χ4n) is 7.48.